The van der Waals surface area contributed by atoms with Crippen LogP contribution in [0.1, 0.15) is 35.7 Å². The van der Waals surface area contributed by atoms with E-state index < -0.39 is 23.5 Å². The Balaban J connectivity index is 1.55. The zero-order valence-corrected chi connectivity index (χ0v) is 14.9. The average Bonchev–Trinajstić information content (AvgIpc) is 3.17. The van der Waals surface area contributed by atoms with Gasteiger partial charge in [0, 0.05) is 23.7 Å². The molecule has 1 aliphatic heterocycles. The van der Waals surface area contributed by atoms with Crippen LogP contribution >= 0.6 is 0 Å². The highest BCUT2D eigenvalue weighted by atomic mass is 19.4. The third-order valence-corrected chi connectivity index (χ3v) is 4.74. The zero-order valence-electron chi connectivity index (χ0n) is 14.9. The lowest BCUT2D eigenvalue weighted by atomic mass is 10.0. The molecule has 29 heavy (non-hydrogen) atoms. The van der Waals surface area contributed by atoms with Crippen molar-refractivity contribution >= 4 is 5.71 Å². The summed E-state index contributed by atoms with van der Waals surface area (Å²) in [5.74, 6) is -1.29. The van der Waals surface area contributed by atoms with Crippen molar-refractivity contribution in [3.8, 4) is 11.3 Å². The van der Waals surface area contributed by atoms with Crippen molar-refractivity contribution in [2.45, 2.75) is 25.1 Å². The molecule has 0 N–H and O–H groups in total. The fourth-order valence-electron chi connectivity index (χ4n) is 3.28. The maximum Gasteiger partial charge on any atom is 0.433 e. The molecule has 3 heterocycles. The number of halogens is 5. The quantitative estimate of drug-likeness (QED) is 0.521. The van der Waals surface area contributed by atoms with Crippen LogP contribution in [-0.2, 0) is 6.18 Å². The molecule has 1 aromatic carbocycles. The van der Waals surface area contributed by atoms with Gasteiger partial charge < -0.3 is 0 Å². The lowest BCUT2D eigenvalue weighted by molar-refractivity contribution is -0.141. The van der Waals surface area contributed by atoms with Gasteiger partial charge in [-0.3, -0.25) is 15.0 Å². The normalized spacial score (nSPS) is 16.7. The van der Waals surface area contributed by atoms with E-state index in [9.17, 15) is 22.0 Å². The maximum absolute atomic E-state index is 14.0. The first-order valence-electron chi connectivity index (χ1n) is 8.83. The highest BCUT2D eigenvalue weighted by Crippen LogP contribution is 2.33. The second-order valence-electron chi connectivity index (χ2n) is 6.63. The Morgan fingerprint density at radius 1 is 0.862 bits per heavy atom. The van der Waals surface area contributed by atoms with Crippen molar-refractivity contribution in [3.05, 3.63) is 83.3 Å². The van der Waals surface area contributed by atoms with Gasteiger partial charge in [-0.25, -0.2) is 8.78 Å². The van der Waals surface area contributed by atoms with Crippen LogP contribution in [0.5, 0.6) is 0 Å². The molecule has 4 rings (SSSR count). The maximum atomic E-state index is 14.0. The van der Waals surface area contributed by atoms with Gasteiger partial charge in [0.15, 0.2) is 0 Å². The predicted octanol–water partition coefficient (Wildman–Crippen LogP) is 5.76. The van der Waals surface area contributed by atoms with Crippen LogP contribution in [0.4, 0.5) is 22.0 Å². The van der Waals surface area contributed by atoms with E-state index >= 15 is 0 Å². The topological polar surface area (TPSA) is 38.1 Å². The Morgan fingerprint density at radius 3 is 2.21 bits per heavy atom. The molecule has 3 aromatic rings. The summed E-state index contributed by atoms with van der Waals surface area (Å²) in [5, 5.41) is 0. The number of hydrogen-bond acceptors (Lipinski definition) is 3. The molecule has 0 fully saturated rings. The van der Waals surface area contributed by atoms with Gasteiger partial charge in [-0.15, -0.1) is 0 Å². The summed E-state index contributed by atoms with van der Waals surface area (Å²) < 4.78 is 65.8. The minimum absolute atomic E-state index is 0.101. The molecule has 1 unspecified atom stereocenters. The monoisotopic (exact) mass is 403 g/mol. The Labute approximate surface area is 163 Å². The smallest absolute Gasteiger partial charge is 0.281 e. The molecule has 3 nitrogen and oxygen atoms in total. The van der Waals surface area contributed by atoms with Crippen LogP contribution in [-0.4, -0.2) is 15.7 Å². The first-order chi connectivity index (χ1) is 13.8. The number of alkyl halides is 3. The number of rotatable bonds is 3. The summed E-state index contributed by atoms with van der Waals surface area (Å²) >= 11 is 0. The average molecular weight is 403 g/mol. The molecule has 0 spiro atoms. The molecule has 0 amide bonds. The van der Waals surface area contributed by atoms with Crippen LogP contribution in [0.15, 0.2) is 59.9 Å². The number of benzene rings is 1. The molecule has 0 saturated carbocycles. The van der Waals surface area contributed by atoms with E-state index in [1.54, 1.807) is 18.3 Å². The van der Waals surface area contributed by atoms with Crippen LogP contribution in [0, 0.1) is 11.6 Å². The number of aliphatic imine (C=N–C) groups is 1. The van der Waals surface area contributed by atoms with Crippen molar-refractivity contribution in [1.82, 2.24) is 9.97 Å². The lowest BCUT2D eigenvalue weighted by Crippen LogP contribution is -2.07. The fourth-order valence-corrected chi connectivity index (χ4v) is 3.28. The molecule has 0 radical (unpaired) electrons. The summed E-state index contributed by atoms with van der Waals surface area (Å²) in [7, 11) is 0. The standard InChI is InChI=1S/C21H14F5N3/c22-14-2-1-3-15(23)20(14)18-8-7-17(29-18)13-4-6-16(27-10-13)12-5-9-19(28-11-12)21(24,25)26/h1-6,9-11,17H,7-8H2. The van der Waals surface area contributed by atoms with Crippen molar-refractivity contribution in [1.29, 1.82) is 0 Å². The van der Waals surface area contributed by atoms with E-state index in [4.69, 9.17) is 0 Å². The van der Waals surface area contributed by atoms with Crippen LogP contribution in [0.2, 0.25) is 0 Å². The zero-order chi connectivity index (χ0) is 20.6. The highest BCUT2D eigenvalue weighted by Gasteiger charge is 2.32. The molecule has 0 bridgehead atoms. The molecular weight excluding hydrogens is 389 g/mol. The molecule has 2 aromatic heterocycles. The first-order valence-corrected chi connectivity index (χ1v) is 8.83. The van der Waals surface area contributed by atoms with Crippen LogP contribution < -0.4 is 0 Å². The number of nitrogens with zero attached hydrogens (tertiary/aromatic N) is 3. The Hall–Kier alpha value is -3.16. The fraction of sp³-hybridized carbons (Fsp3) is 0.190. The Morgan fingerprint density at radius 2 is 1.62 bits per heavy atom. The van der Waals surface area contributed by atoms with Crippen LogP contribution in [0.3, 0.4) is 0 Å². The molecule has 0 saturated heterocycles. The van der Waals surface area contributed by atoms with Crippen LogP contribution in [0.25, 0.3) is 11.3 Å². The molecular formula is C21H14F5N3. The summed E-state index contributed by atoms with van der Waals surface area (Å²) in [6, 6.07) is 9.06. The molecule has 0 aliphatic carbocycles. The molecule has 1 atom stereocenters. The second kappa shape index (κ2) is 7.35. The molecule has 8 heteroatoms. The SMILES string of the molecule is Fc1cccc(F)c1C1=NC(c2ccc(-c3ccc(C(F)(F)F)nc3)nc2)CC1. The summed E-state index contributed by atoms with van der Waals surface area (Å²) in [5.41, 5.74) is 0.995. The minimum atomic E-state index is -4.49. The number of aromatic nitrogens is 2. The van der Waals surface area contributed by atoms with Gasteiger partial charge in [0.1, 0.15) is 17.3 Å². The summed E-state index contributed by atoms with van der Waals surface area (Å²) in [6.07, 6.45) is -0.774. The van der Waals surface area contributed by atoms with E-state index in [1.165, 1.54) is 24.3 Å². The third-order valence-electron chi connectivity index (χ3n) is 4.74. The van der Waals surface area contributed by atoms with Crippen molar-refractivity contribution in [2.75, 3.05) is 0 Å². The first kappa shape index (κ1) is 19.2. The van der Waals surface area contributed by atoms with Crippen molar-refractivity contribution in [2.24, 2.45) is 4.99 Å². The molecule has 148 valence electrons. The number of hydrogen-bond donors (Lipinski definition) is 0. The van der Waals surface area contributed by atoms with Crippen molar-refractivity contribution in [3.63, 3.8) is 0 Å². The van der Waals surface area contributed by atoms with E-state index in [2.05, 4.69) is 15.0 Å². The predicted molar refractivity (Wildman–Crippen MR) is 97.3 cm³/mol. The van der Waals surface area contributed by atoms with Gasteiger partial charge in [-0.05, 0) is 48.7 Å². The molecule has 1 aliphatic rings. The van der Waals surface area contributed by atoms with Gasteiger partial charge in [0.25, 0.3) is 0 Å². The van der Waals surface area contributed by atoms with Gasteiger partial charge in [-0.1, -0.05) is 12.1 Å². The van der Waals surface area contributed by atoms with E-state index in [0.717, 1.165) is 17.8 Å². The van der Waals surface area contributed by atoms with E-state index in [1.807, 2.05) is 0 Å². The third kappa shape index (κ3) is 3.87. The Bertz CT molecular complexity index is 1040. The van der Waals surface area contributed by atoms with E-state index in [0.29, 0.717) is 29.8 Å². The van der Waals surface area contributed by atoms with Gasteiger partial charge in [0.05, 0.1) is 17.3 Å². The van der Waals surface area contributed by atoms with Gasteiger partial charge in [0.2, 0.25) is 0 Å². The van der Waals surface area contributed by atoms with E-state index in [-0.39, 0.29) is 11.6 Å². The van der Waals surface area contributed by atoms with Gasteiger partial charge in [-0.2, -0.15) is 13.2 Å². The highest BCUT2D eigenvalue weighted by molar-refractivity contribution is 6.02. The minimum Gasteiger partial charge on any atom is -0.281 e. The second-order valence-corrected chi connectivity index (χ2v) is 6.63. The largest absolute Gasteiger partial charge is 0.433 e. The Kier molecular flexibility index (Phi) is 4.86. The number of pyridine rings is 2. The summed E-state index contributed by atoms with van der Waals surface area (Å²) in [6.45, 7) is 0. The van der Waals surface area contributed by atoms with Gasteiger partial charge >= 0.3 is 6.18 Å². The summed E-state index contributed by atoms with van der Waals surface area (Å²) in [4.78, 5) is 12.2. The van der Waals surface area contributed by atoms with Crippen molar-refractivity contribution < 1.29 is 22.0 Å². The lowest BCUT2D eigenvalue weighted by Gasteiger charge is -2.09.